The summed E-state index contributed by atoms with van der Waals surface area (Å²) in [5.41, 5.74) is -1.01. The minimum Gasteiger partial charge on any atom is -0.396 e. The smallest absolute Gasteiger partial charge is 0.0910 e. The van der Waals surface area contributed by atoms with Crippen LogP contribution in [-0.4, -0.2) is 45.3 Å². The molecule has 138 valence electrons. The predicted octanol–water partition coefficient (Wildman–Crippen LogP) is 2.09. The lowest BCUT2D eigenvalue weighted by molar-refractivity contribution is -0.197. The van der Waals surface area contributed by atoms with Crippen LogP contribution in [-0.2, 0) is 0 Å². The maximum absolute atomic E-state index is 10.9. The van der Waals surface area contributed by atoms with Crippen molar-refractivity contribution in [3.8, 4) is 0 Å². The molecule has 1 spiro atoms. The molecule has 0 radical (unpaired) electrons. The summed E-state index contributed by atoms with van der Waals surface area (Å²) >= 11 is 0. The van der Waals surface area contributed by atoms with Gasteiger partial charge in [-0.05, 0) is 80.0 Å². The lowest BCUT2D eigenvalue weighted by atomic mass is 9.40. The molecule has 0 amide bonds. The molecule has 4 rings (SSSR count). The Kier molecular flexibility index (Phi) is 3.73. The second-order valence-electron chi connectivity index (χ2n) is 10.1. The van der Waals surface area contributed by atoms with Crippen LogP contribution < -0.4 is 0 Å². The van der Waals surface area contributed by atoms with Gasteiger partial charge in [0.05, 0.1) is 24.9 Å². The van der Waals surface area contributed by atoms with Gasteiger partial charge in [-0.15, -0.1) is 0 Å². The number of hydrogen-bond donors (Lipinski definition) is 4. The fourth-order valence-corrected chi connectivity index (χ4v) is 8.06. The van der Waals surface area contributed by atoms with Crippen LogP contribution in [0.2, 0.25) is 0 Å². The Morgan fingerprint density at radius 3 is 2.33 bits per heavy atom. The van der Waals surface area contributed by atoms with E-state index in [1.807, 2.05) is 0 Å². The summed E-state index contributed by atoms with van der Waals surface area (Å²) in [5, 5.41) is 41.4. The molecule has 4 heteroatoms. The molecule has 0 aromatic rings. The number of fused-ring (bicyclic) bond motifs is 3. The van der Waals surface area contributed by atoms with Gasteiger partial charge in [-0.2, -0.15) is 0 Å². The van der Waals surface area contributed by atoms with Gasteiger partial charge in [0, 0.05) is 5.41 Å². The van der Waals surface area contributed by atoms with Crippen molar-refractivity contribution in [3.63, 3.8) is 0 Å². The van der Waals surface area contributed by atoms with E-state index in [-0.39, 0.29) is 30.0 Å². The molecule has 24 heavy (non-hydrogen) atoms. The highest BCUT2D eigenvalue weighted by Gasteiger charge is 2.68. The van der Waals surface area contributed by atoms with Gasteiger partial charge in [0.2, 0.25) is 0 Å². The Bertz CT molecular complexity index is 524. The first-order valence-corrected chi connectivity index (χ1v) is 9.86. The molecular formula is C20H34O4. The Hall–Kier alpha value is -0.160. The molecule has 0 unspecified atom stereocenters. The van der Waals surface area contributed by atoms with Gasteiger partial charge in [0.15, 0.2) is 0 Å². The fraction of sp³-hybridized carbons (Fsp3) is 1.00. The van der Waals surface area contributed by atoms with Crippen LogP contribution in [0.3, 0.4) is 0 Å². The monoisotopic (exact) mass is 338 g/mol. The molecule has 4 aliphatic carbocycles. The van der Waals surface area contributed by atoms with Gasteiger partial charge in [-0.3, -0.25) is 0 Å². The summed E-state index contributed by atoms with van der Waals surface area (Å²) in [4.78, 5) is 0. The Balaban J connectivity index is 1.72. The standard InChI is InChI=1S/C20H34O4/c1-17-7-6-16(23)18(2,11-21)14(17)5-8-19-9-13(3-4-15(17)19)20(24,10-19)12-22/h13-16,21-24H,3-12H2,1-2H3/t13-,14+,15+,16-,17-,18-,19+,20+/m1/s1. The lowest BCUT2D eigenvalue weighted by Gasteiger charge is -2.65. The number of hydrogen-bond acceptors (Lipinski definition) is 4. The molecule has 0 aromatic carbocycles. The third-order valence-electron chi connectivity index (χ3n) is 9.27. The largest absolute Gasteiger partial charge is 0.396 e. The van der Waals surface area contributed by atoms with Gasteiger partial charge >= 0.3 is 0 Å². The SMILES string of the molecule is C[C@@]1(CO)[C@H]2CC[C@@]34C[C@@H](CC[C@H]3[C@]2(C)CC[C@H]1O)[C@@](O)(CO)C4. The molecular weight excluding hydrogens is 304 g/mol. The van der Waals surface area contributed by atoms with Gasteiger partial charge in [-0.25, -0.2) is 0 Å². The molecule has 2 bridgehead atoms. The molecule has 0 aliphatic heterocycles. The third-order valence-corrected chi connectivity index (χ3v) is 9.27. The lowest BCUT2D eigenvalue weighted by Crippen LogP contribution is -2.61. The summed E-state index contributed by atoms with van der Waals surface area (Å²) in [6.07, 6.45) is 7.38. The molecule has 4 saturated carbocycles. The van der Waals surface area contributed by atoms with E-state index in [9.17, 15) is 20.4 Å². The quantitative estimate of drug-likeness (QED) is 0.621. The maximum atomic E-state index is 10.9. The zero-order valence-corrected chi connectivity index (χ0v) is 15.2. The molecule has 4 nitrogen and oxygen atoms in total. The average Bonchev–Trinajstić information content (AvgIpc) is 2.78. The van der Waals surface area contributed by atoms with Gasteiger partial charge in [0.25, 0.3) is 0 Å². The van der Waals surface area contributed by atoms with E-state index in [4.69, 9.17) is 0 Å². The average molecular weight is 338 g/mol. The number of rotatable bonds is 2. The summed E-state index contributed by atoms with van der Waals surface area (Å²) in [7, 11) is 0. The van der Waals surface area contributed by atoms with Crippen LogP contribution in [0.25, 0.3) is 0 Å². The third kappa shape index (κ3) is 1.94. The van der Waals surface area contributed by atoms with E-state index >= 15 is 0 Å². The van der Waals surface area contributed by atoms with E-state index < -0.39 is 17.1 Å². The molecule has 4 N–H and O–H groups in total. The highest BCUT2D eigenvalue weighted by molar-refractivity contribution is 5.17. The summed E-state index contributed by atoms with van der Waals surface area (Å²) in [6, 6.07) is 0. The van der Waals surface area contributed by atoms with E-state index in [2.05, 4.69) is 13.8 Å². The van der Waals surface area contributed by atoms with Crippen molar-refractivity contribution in [1.82, 2.24) is 0 Å². The van der Waals surface area contributed by atoms with Gasteiger partial charge < -0.3 is 20.4 Å². The molecule has 4 fully saturated rings. The number of aliphatic hydroxyl groups excluding tert-OH is 3. The summed E-state index contributed by atoms with van der Waals surface area (Å²) in [5.74, 6) is 1.13. The minimum atomic E-state index is -0.883. The fourth-order valence-electron chi connectivity index (χ4n) is 8.06. The molecule has 0 aromatic heterocycles. The van der Waals surface area contributed by atoms with E-state index in [1.54, 1.807) is 0 Å². The van der Waals surface area contributed by atoms with E-state index in [0.29, 0.717) is 11.8 Å². The first-order chi connectivity index (χ1) is 11.2. The number of aliphatic hydroxyl groups is 4. The van der Waals surface area contributed by atoms with Crippen LogP contribution in [0.1, 0.15) is 65.2 Å². The zero-order chi connectivity index (χ0) is 17.4. The Labute approximate surface area is 145 Å². The molecule has 0 heterocycles. The Morgan fingerprint density at radius 2 is 1.67 bits per heavy atom. The van der Waals surface area contributed by atoms with Gasteiger partial charge in [-0.1, -0.05) is 13.8 Å². The first-order valence-electron chi connectivity index (χ1n) is 9.86. The van der Waals surface area contributed by atoms with Gasteiger partial charge in [0.1, 0.15) is 0 Å². The molecule has 8 atom stereocenters. The highest BCUT2D eigenvalue weighted by Crippen LogP contribution is 2.72. The summed E-state index contributed by atoms with van der Waals surface area (Å²) < 4.78 is 0. The van der Waals surface area contributed by atoms with Crippen LogP contribution in [0.5, 0.6) is 0 Å². The normalized spacial score (nSPS) is 59.8. The van der Waals surface area contributed by atoms with Crippen molar-refractivity contribution in [2.75, 3.05) is 13.2 Å². The predicted molar refractivity (Wildman–Crippen MR) is 91.2 cm³/mol. The molecule has 0 saturated heterocycles. The van der Waals surface area contributed by atoms with Crippen molar-refractivity contribution in [1.29, 1.82) is 0 Å². The van der Waals surface area contributed by atoms with Crippen molar-refractivity contribution in [2.24, 2.45) is 34.0 Å². The minimum absolute atomic E-state index is 0.0529. The second-order valence-corrected chi connectivity index (χ2v) is 10.1. The zero-order valence-electron chi connectivity index (χ0n) is 15.2. The molecule has 4 aliphatic rings. The van der Waals surface area contributed by atoms with Crippen molar-refractivity contribution in [2.45, 2.75) is 76.9 Å². The highest BCUT2D eigenvalue weighted by atomic mass is 16.3. The first kappa shape index (κ1) is 17.3. The van der Waals surface area contributed by atoms with Crippen molar-refractivity contribution >= 4 is 0 Å². The van der Waals surface area contributed by atoms with Crippen molar-refractivity contribution < 1.29 is 20.4 Å². The van der Waals surface area contributed by atoms with Crippen LogP contribution >= 0.6 is 0 Å². The maximum Gasteiger partial charge on any atom is 0.0910 e. The second kappa shape index (κ2) is 5.18. The topological polar surface area (TPSA) is 80.9 Å². The van der Waals surface area contributed by atoms with Crippen LogP contribution in [0.4, 0.5) is 0 Å². The van der Waals surface area contributed by atoms with Crippen molar-refractivity contribution in [3.05, 3.63) is 0 Å². The van der Waals surface area contributed by atoms with Crippen LogP contribution in [0.15, 0.2) is 0 Å². The van der Waals surface area contributed by atoms with E-state index in [1.165, 1.54) is 0 Å². The van der Waals surface area contributed by atoms with Crippen LogP contribution in [0, 0.1) is 34.0 Å². The summed E-state index contributed by atoms with van der Waals surface area (Å²) in [6.45, 7) is 4.40. The Morgan fingerprint density at radius 1 is 0.917 bits per heavy atom. The van der Waals surface area contributed by atoms with E-state index in [0.717, 1.165) is 51.4 Å².